The molecule has 0 aliphatic heterocycles. The standard InChI is InChI=1S/C12H14BrN7O3/c1-3-10-16-18-12(19(10)14)17-15-6-7-4-8(13)5-9(20(21)22)11(7)23-2/h4-6H,3,14H2,1-2H3,(H,17,18)/b15-6-. The number of nitro groups is 1. The molecule has 122 valence electrons. The highest BCUT2D eigenvalue weighted by Crippen LogP contribution is 2.33. The van der Waals surface area contributed by atoms with Gasteiger partial charge in [0, 0.05) is 22.5 Å². The van der Waals surface area contributed by atoms with E-state index in [4.69, 9.17) is 10.6 Å². The number of aryl methyl sites for hydroxylation is 1. The molecule has 0 aliphatic carbocycles. The van der Waals surface area contributed by atoms with Crippen LogP contribution in [0.25, 0.3) is 0 Å². The van der Waals surface area contributed by atoms with E-state index in [1.165, 1.54) is 24.1 Å². The molecule has 23 heavy (non-hydrogen) atoms. The minimum Gasteiger partial charge on any atom is -0.490 e. The Balaban J connectivity index is 2.28. The molecule has 0 unspecified atom stereocenters. The van der Waals surface area contributed by atoms with Gasteiger partial charge in [0.15, 0.2) is 5.82 Å². The third-order valence-electron chi connectivity index (χ3n) is 2.91. The van der Waals surface area contributed by atoms with Crippen LogP contribution in [0.4, 0.5) is 11.6 Å². The molecule has 0 bridgehead atoms. The third-order valence-corrected chi connectivity index (χ3v) is 3.37. The molecule has 0 fully saturated rings. The molecule has 0 radical (unpaired) electrons. The summed E-state index contributed by atoms with van der Waals surface area (Å²) in [5.41, 5.74) is 2.88. The van der Waals surface area contributed by atoms with E-state index in [1.807, 2.05) is 6.92 Å². The van der Waals surface area contributed by atoms with Gasteiger partial charge in [0.25, 0.3) is 5.95 Å². The van der Waals surface area contributed by atoms with Crippen LogP contribution in [0, 0.1) is 10.1 Å². The lowest BCUT2D eigenvalue weighted by atomic mass is 10.2. The molecular formula is C12H14BrN7O3. The van der Waals surface area contributed by atoms with Gasteiger partial charge in [-0.05, 0) is 6.07 Å². The zero-order valence-electron chi connectivity index (χ0n) is 12.4. The van der Waals surface area contributed by atoms with E-state index in [0.29, 0.717) is 22.3 Å². The van der Waals surface area contributed by atoms with Crippen molar-refractivity contribution in [1.82, 2.24) is 14.9 Å². The van der Waals surface area contributed by atoms with Crippen molar-refractivity contribution >= 4 is 33.8 Å². The number of hydrogen-bond acceptors (Lipinski definition) is 8. The monoisotopic (exact) mass is 383 g/mol. The first-order valence-corrected chi connectivity index (χ1v) is 7.27. The van der Waals surface area contributed by atoms with Crippen LogP contribution in [0.2, 0.25) is 0 Å². The molecule has 1 heterocycles. The van der Waals surface area contributed by atoms with E-state index < -0.39 is 4.92 Å². The van der Waals surface area contributed by atoms with Gasteiger partial charge in [0.2, 0.25) is 5.75 Å². The molecule has 0 atom stereocenters. The van der Waals surface area contributed by atoms with E-state index in [1.54, 1.807) is 6.07 Å². The Morgan fingerprint density at radius 2 is 2.30 bits per heavy atom. The average molecular weight is 384 g/mol. The number of hydrazone groups is 1. The number of nitrogens with one attached hydrogen (secondary N) is 1. The fraction of sp³-hybridized carbons (Fsp3) is 0.250. The fourth-order valence-corrected chi connectivity index (χ4v) is 2.32. The second-order valence-electron chi connectivity index (χ2n) is 4.34. The summed E-state index contributed by atoms with van der Waals surface area (Å²) in [7, 11) is 1.35. The molecule has 2 rings (SSSR count). The largest absolute Gasteiger partial charge is 0.490 e. The van der Waals surface area contributed by atoms with Crippen LogP contribution in [0.15, 0.2) is 21.7 Å². The number of rotatable bonds is 6. The van der Waals surface area contributed by atoms with E-state index >= 15 is 0 Å². The minimum absolute atomic E-state index is 0.104. The number of hydrogen-bond donors (Lipinski definition) is 2. The summed E-state index contributed by atoms with van der Waals surface area (Å²) in [6.07, 6.45) is 2.00. The van der Waals surface area contributed by atoms with Crippen molar-refractivity contribution < 1.29 is 9.66 Å². The molecular weight excluding hydrogens is 370 g/mol. The molecule has 0 spiro atoms. The Morgan fingerprint density at radius 1 is 1.57 bits per heavy atom. The Hall–Kier alpha value is -2.69. The van der Waals surface area contributed by atoms with Gasteiger partial charge in [-0.1, -0.05) is 22.9 Å². The van der Waals surface area contributed by atoms with E-state index in [2.05, 4.69) is 36.7 Å². The molecule has 0 saturated heterocycles. The van der Waals surface area contributed by atoms with E-state index in [0.717, 1.165) is 0 Å². The van der Waals surface area contributed by atoms with Gasteiger partial charge >= 0.3 is 5.69 Å². The molecule has 1 aromatic heterocycles. The molecule has 0 aliphatic rings. The van der Waals surface area contributed by atoms with Gasteiger partial charge < -0.3 is 10.6 Å². The summed E-state index contributed by atoms with van der Waals surface area (Å²) >= 11 is 3.22. The first-order chi connectivity index (χ1) is 11.0. The van der Waals surface area contributed by atoms with Crippen molar-refractivity contribution in [2.75, 3.05) is 18.4 Å². The van der Waals surface area contributed by atoms with Crippen molar-refractivity contribution in [3.05, 3.63) is 38.1 Å². The summed E-state index contributed by atoms with van der Waals surface area (Å²) in [6, 6.07) is 3.00. The SMILES string of the molecule is CCc1nnc(N/N=C\c2cc(Br)cc([N+](=O)[O-])c2OC)n1N. The number of nitrogen functional groups attached to an aromatic ring is 1. The number of aromatic nitrogens is 3. The first-order valence-electron chi connectivity index (χ1n) is 6.48. The molecule has 2 aromatic rings. The molecule has 10 nitrogen and oxygen atoms in total. The van der Waals surface area contributed by atoms with Crippen LogP contribution in [0.3, 0.4) is 0 Å². The maximum atomic E-state index is 11.1. The van der Waals surface area contributed by atoms with Gasteiger partial charge in [-0.25, -0.2) is 10.1 Å². The molecule has 11 heteroatoms. The second-order valence-corrected chi connectivity index (χ2v) is 5.25. The summed E-state index contributed by atoms with van der Waals surface area (Å²) in [5, 5.41) is 22.7. The second kappa shape index (κ2) is 7.05. The maximum absolute atomic E-state index is 11.1. The quantitative estimate of drug-likeness (QED) is 0.335. The lowest BCUT2D eigenvalue weighted by molar-refractivity contribution is -0.385. The summed E-state index contributed by atoms with van der Waals surface area (Å²) in [4.78, 5) is 10.5. The van der Waals surface area contributed by atoms with Crippen LogP contribution in [-0.4, -0.2) is 33.1 Å². The molecule has 1 aromatic carbocycles. The predicted molar refractivity (Wildman–Crippen MR) is 88.1 cm³/mol. The highest BCUT2D eigenvalue weighted by atomic mass is 79.9. The minimum atomic E-state index is -0.529. The van der Waals surface area contributed by atoms with Crippen molar-refractivity contribution in [2.45, 2.75) is 13.3 Å². The number of ether oxygens (including phenoxy) is 1. The van der Waals surface area contributed by atoms with Crippen molar-refractivity contribution in [3.63, 3.8) is 0 Å². The van der Waals surface area contributed by atoms with Crippen molar-refractivity contribution in [3.8, 4) is 5.75 Å². The van der Waals surface area contributed by atoms with Crippen LogP contribution < -0.4 is 16.0 Å². The van der Waals surface area contributed by atoms with Gasteiger partial charge in [-0.2, -0.15) is 5.10 Å². The maximum Gasteiger partial charge on any atom is 0.312 e. The zero-order valence-corrected chi connectivity index (χ0v) is 13.9. The Morgan fingerprint density at radius 3 is 2.87 bits per heavy atom. The number of methoxy groups -OCH3 is 1. The van der Waals surface area contributed by atoms with E-state index in [-0.39, 0.29) is 17.4 Å². The number of benzene rings is 1. The number of nitro benzene ring substituents is 1. The van der Waals surface area contributed by atoms with Gasteiger partial charge in [-0.15, -0.1) is 10.2 Å². The number of halogens is 1. The predicted octanol–water partition coefficient (Wildman–Crippen LogP) is 1.68. The van der Waals surface area contributed by atoms with Crippen molar-refractivity contribution in [1.29, 1.82) is 0 Å². The lowest BCUT2D eigenvalue weighted by Crippen LogP contribution is -2.15. The first kappa shape index (κ1) is 16.7. The molecule has 0 saturated carbocycles. The van der Waals surface area contributed by atoms with Crippen LogP contribution >= 0.6 is 15.9 Å². The summed E-state index contributed by atoms with van der Waals surface area (Å²) < 4.78 is 6.91. The highest BCUT2D eigenvalue weighted by molar-refractivity contribution is 9.10. The summed E-state index contributed by atoms with van der Waals surface area (Å²) in [6.45, 7) is 1.89. The van der Waals surface area contributed by atoms with Crippen molar-refractivity contribution in [2.24, 2.45) is 5.10 Å². The average Bonchev–Trinajstić information content (AvgIpc) is 2.87. The van der Waals surface area contributed by atoms with Gasteiger partial charge in [-0.3, -0.25) is 10.1 Å². The third kappa shape index (κ3) is 3.56. The van der Waals surface area contributed by atoms with Crippen LogP contribution in [0.1, 0.15) is 18.3 Å². The van der Waals surface area contributed by atoms with E-state index in [9.17, 15) is 10.1 Å². The number of nitrogens with zero attached hydrogens (tertiary/aromatic N) is 5. The Labute approximate surface area is 139 Å². The molecule has 3 N–H and O–H groups in total. The fourth-order valence-electron chi connectivity index (χ4n) is 1.85. The smallest absolute Gasteiger partial charge is 0.312 e. The highest BCUT2D eigenvalue weighted by Gasteiger charge is 2.19. The van der Waals surface area contributed by atoms with Gasteiger partial charge in [0.1, 0.15) is 0 Å². The van der Waals surface area contributed by atoms with Gasteiger partial charge in [0.05, 0.1) is 18.2 Å². The normalized spacial score (nSPS) is 10.9. The molecule has 0 amide bonds. The Kier molecular flexibility index (Phi) is 5.11. The van der Waals surface area contributed by atoms with Crippen LogP contribution in [-0.2, 0) is 6.42 Å². The number of nitrogens with two attached hydrogens (primary N) is 1. The zero-order chi connectivity index (χ0) is 17.0. The van der Waals surface area contributed by atoms with Crippen LogP contribution in [0.5, 0.6) is 5.75 Å². The number of anilines is 1. The Bertz CT molecular complexity index is 759. The lowest BCUT2D eigenvalue weighted by Gasteiger charge is -2.06. The topological polar surface area (TPSA) is 133 Å². The summed E-state index contributed by atoms with van der Waals surface area (Å²) in [5.74, 6) is 6.72.